The predicted octanol–water partition coefficient (Wildman–Crippen LogP) is 17.7. The third kappa shape index (κ3) is 24.5. The quantitative estimate of drug-likeness (QED) is 0.0186. The highest BCUT2D eigenvalue weighted by molar-refractivity contribution is 9.10. The molecule has 0 radical (unpaired) electrons. The Balaban J connectivity index is 0.000000152. The molecule has 1 unspecified atom stereocenters. The number of hydrogen-bond donors (Lipinski definition) is 6. The normalized spacial score (nSPS) is 11.2. The second kappa shape index (κ2) is 46.6. The largest absolute Gasteiger partial charge is 0.495 e. The van der Waals surface area contributed by atoms with Crippen LogP contribution < -0.4 is 65.5 Å². The summed E-state index contributed by atoms with van der Waals surface area (Å²) < 4.78 is 216. The zero-order chi connectivity index (χ0) is 105. The minimum atomic E-state index is -3.98. The fourth-order valence-electron chi connectivity index (χ4n) is 14.8. The topological polar surface area (TPSA) is 506 Å². The Morgan fingerprint density at radius 3 is 0.800 bits per heavy atom. The van der Waals surface area contributed by atoms with Crippen molar-refractivity contribution in [1.82, 2.24) is 58.8 Å². The van der Waals surface area contributed by atoms with Gasteiger partial charge in [0.15, 0.2) is 23.3 Å². The summed E-state index contributed by atoms with van der Waals surface area (Å²) in [5, 5.41) is 34.5. The van der Waals surface area contributed by atoms with Crippen molar-refractivity contribution in [2.24, 2.45) is 0 Å². The molecule has 12 aromatic heterocycles. The van der Waals surface area contributed by atoms with E-state index in [0.29, 0.717) is 85.9 Å². The van der Waals surface area contributed by atoms with Gasteiger partial charge in [0.25, 0.3) is 62.3 Å². The molecule has 0 amide bonds. The lowest BCUT2D eigenvalue weighted by Gasteiger charge is -2.16. The molecule has 8 aromatic carbocycles. The first-order chi connectivity index (χ1) is 70.8. The third-order valence-electron chi connectivity index (χ3n) is 21.5. The Hall–Kier alpha value is -16.0. The first-order valence-corrected chi connectivity index (χ1v) is 50.4. The van der Waals surface area contributed by atoms with Crippen LogP contribution in [0.1, 0.15) is 7.43 Å². The highest BCUT2D eigenvalue weighted by Crippen LogP contribution is 2.41. The molecule has 0 fully saturated rings. The standard InChI is InChI=1S/3C24H16ClFN4O5S.C19H13BrFN3O5S.C5H5BClNO2.CH4.H3P/c3*1-34-22-10-18(15-8-16(25)13-27-12-15)19(26)11-21(22)30-20-4-3-17(9-14(20)2-5-24(30)31)36(32,33)29-23-6-7-35-28-23;1-28-17-9-13(20)14(21)10-16(17)24-15-4-3-12(8-11(15)2-5-19(24)25)30(26,27)23-18-6-7-29-22-18;7-5-1-4(6(9)10)2-8-3-5;;/h3*2-13H,1H3,(H,28,29);2-10H,1H3,(H,22,23);1-3,9-10H;1H4;1H3. The van der Waals surface area contributed by atoms with Gasteiger partial charge in [-0.3, -0.25) is 76.3 Å². The minimum absolute atomic E-state index is 0. The molecule has 0 spiro atoms. The van der Waals surface area contributed by atoms with Crippen LogP contribution in [-0.4, -0.2) is 138 Å². The Morgan fingerprint density at radius 2 is 0.573 bits per heavy atom. The van der Waals surface area contributed by atoms with Gasteiger partial charge in [0.05, 0.1) is 117 Å². The van der Waals surface area contributed by atoms with Gasteiger partial charge in [-0.15, -0.1) is 0 Å². The molecular weight excluding hydrogens is 2210 g/mol. The highest BCUT2D eigenvalue weighted by atomic mass is 79.9. The van der Waals surface area contributed by atoms with Gasteiger partial charge in [0.2, 0.25) is 0 Å². The molecule has 0 saturated heterocycles. The van der Waals surface area contributed by atoms with Crippen LogP contribution in [0.25, 0.3) is 99.7 Å². The first kappa shape index (κ1) is 110. The molecule has 6 N–H and O–H groups in total. The Morgan fingerprint density at radius 1 is 0.327 bits per heavy atom. The summed E-state index contributed by atoms with van der Waals surface area (Å²) >= 11 is 26.6. The van der Waals surface area contributed by atoms with Crippen LogP contribution in [0.3, 0.4) is 0 Å². The van der Waals surface area contributed by atoms with Crippen molar-refractivity contribution in [1.29, 1.82) is 0 Å². The molecule has 150 heavy (non-hydrogen) atoms. The second-order valence-electron chi connectivity index (χ2n) is 30.8. The highest BCUT2D eigenvalue weighted by Gasteiger charge is 2.28. The number of nitrogens with zero attached hydrogens (tertiary/aromatic N) is 12. The van der Waals surface area contributed by atoms with Gasteiger partial charge in [0.1, 0.15) is 71.3 Å². The van der Waals surface area contributed by atoms with Crippen LogP contribution in [0, 0.1) is 23.3 Å². The number of methoxy groups -OCH3 is 4. The number of rotatable bonds is 24. The zero-order valence-electron chi connectivity index (χ0n) is 76.5. The SMILES string of the molecule is C.COc1cc(-c2cncc(Cl)c2)c(F)cc1-n1c(=O)ccc2cc(S(=O)(=O)Nc3ccon3)ccc21.COc1cc(-c2cncc(Cl)c2)c(F)cc1-n1c(=O)ccc2cc(S(=O)(=O)Nc3ccon3)ccc21.COc1cc(-c2cncc(Cl)c2)c(F)cc1-n1c(=O)ccc2cc(S(=O)(=O)Nc3ccon3)ccc21.COc1cc(Br)c(F)cc1-n1c(=O)ccc2cc(S(=O)(=O)Nc3ccon3)ccc21.OB(O)c1cncc(Cl)c1.P. The molecule has 38 nitrogen and oxygen atoms in total. The molecule has 20 aromatic rings. The summed E-state index contributed by atoms with van der Waals surface area (Å²) in [6.45, 7) is 0. The van der Waals surface area contributed by atoms with Crippen LogP contribution >= 0.6 is 72.2 Å². The van der Waals surface area contributed by atoms with E-state index < -0.39 is 92.7 Å². The van der Waals surface area contributed by atoms with Crippen LogP contribution in [0.2, 0.25) is 20.1 Å². The Kier molecular flexibility index (Phi) is 34.1. The number of ether oxygens (including phenoxy) is 4. The Bertz CT molecular complexity index is 8660. The first-order valence-electron chi connectivity index (χ1n) is 42.1. The number of fused-ring (bicyclic) bond motifs is 4. The van der Waals surface area contributed by atoms with E-state index in [4.69, 9.17) is 75.4 Å². The molecule has 0 aliphatic carbocycles. The molecule has 1 atom stereocenters. The number of hydrogen-bond acceptors (Lipinski definition) is 30. The van der Waals surface area contributed by atoms with Crippen molar-refractivity contribution in [3.05, 3.63) is 382 Å². The summed E-state index contributed by atoms with van der Waals surface area (Å²) in [5.41, 5.74) is 2.35. The van der Waals surface area contributed by atoms with Gasteiger partial charge < -0.3 is 47.1 Å². The lowest BCUT2D eigenvalue weighted by Crippen LogP contribution is -2.29. The molecule has 0 bridgehead atoms. The van der Waals surface area contributed by atoms with Crippen LogP contribution in [0.5, 0.6) is 23.0 Å². The second-order valence-corrected chi connectivity index (χ2v) is 40.1. The lowest BCUT2D eigenvalue weighted by atomic mass is 9.82. The van der Waals surface area contributed by atoms with Crippen LogP contribution in [0.4, 0.5) is 40.8 Å². The molecule has 0 aliphatic heterocycles. The predicted molar refractivity (Wildman–Crippen MR) is 563 cm³/mol. The van der Waals surface area contributed by atoms with E-state index in [2.05, 4.69) is 93.5 Å². The maximum atomic E-state index is 15.3. The van der Waals surface area contributed by atoms with Crippen molar-refractivity contribution < 1.29 is 98.3 Å². The monoisotopic (exact) mass is 2280 g/mol. The van der Waals surface area contributed by atoms with Gasteiger partial charge >= 0.3 is 7.12 Å². The fraction of sp³-hybridized carbons (Fsp3) is 0.0515. The van der Waals surface area contributed by atoms with Crippen LogP contribution in [0.15, 0.2) is 354 Å². The van der Waals surface area contributed by atoms with E-state index in [0.717, 1.165) is 0 Å². The van der Waals surface area contributed by atoms with E-state index in [-0.39, 0.29) is 127 Å². The summed E-state index contributed by atoms with van der Waals surface area (Å²) in [5.74, 6) is -1.45. The lowest BCUT2D eigenvalue weighted by molar-refractivity contribution is 0.411. The minimum Gasteiger partial charge on any atom is -0.495 e. The zero-order valence-corrected chi connectivity index (χ0v) is 85.7. The van der Waals surface area contributed by atoms with Crippen molar-refractivity contribution in [2.75, 3.05) is 47.3 Å². The number of nitrogens with one attached hydrogen (secondary N) is 4. The van der Waals surface area contributed by atoms with E-state index >= 15 is 13.2 Å². The number of halogens is 9. The number of benzene rings is 8. The van der Waals surface area contributed by atoms with Gasteiger partial charge in [0, 0.05) is 183 Å². The van der Waals surface area contributed by atoms with Gasteiger partial charge in [-0.05, 0) is 162 Å². The van der Waals surface area contributed by atoms with Gasteiger partial charge in [-0.1, -0.05) is 74.5 Å². The summed E-state index contributed by atoms with van der Waals surface area (Å²) in [6, 6.07) is 49.7. The van der Waals surface area contributed by atoms with Gasteiger partial charge in [-0.2, -0.15) is 9.90 Å². The number of aromatic nitrogens is 12. The van der Waals surface area contributed by atoms with Crippen molar-refractivity contribution in [3.63, 3.8) is 0 Å². The molecule has 53 heteroatoms. The van der Waals surface area contributed by atoms with Crippen molar-refractivity contribution in [2.45, 2.75) is 27.0 Å². The summed E-state index contributed by atoms with van der Waals surface area (Å²) in [4.78, 5) is 66.7. The van der Waals surface area contributed by atoms with Gasteiger partial charge in [-0.25, -0.2) is 51.2 Å². The van der Waals surface area contributed by atoms with E-state index in [1.807, 2.05) is 0 Å². The maximum Gasteiger partial charge on any atom is 0.490 e. The van der Waals surface area contributed by atoms with E-state index in [1.54, 1.807) is 18.2 Å². The van der Waals surface area contributed by atoms with Crippen molar-refractivity contribution in [3.8, 4) is 79.1 Å². The average molecular weight is 2280 g/mol. The Labute approximate surface area is 878 Å². The number of sulfonamides is 4. The molecule has 0 saturated carbocycles. The molecule has 0 aliphatic rings. The number of anilines is 4. The van der Waals surface area contributed by atoms with Crippen LogP contribution in [-0.2, 0) is 40.1 Å². The van der Waals surface area contributed by atoms with Crippen molar-refractivity contribution >= 4 is 192 Å². The maximum absolute atomic E-state index is 15.3. The third-order valence-corrected chi connectivity index (χ3v) is 28.3. The number of pyridine rings is 8. The smallest absolute Gasteiger partial charge is 0.490 e. The summed E-state index contributed by atoms with van der Waals surface area (Å²) in [6.07, 6.45) is 16.4. The van der Waals surface area contributed by atoms with E-state index in [9.17, 15) is 57.2 Å². The van der Waals surface area contributed by atoms with E-state index in [1.165, 1.54) is 322 Å². The average Bonchev–Trinajstić information content (AvgIpc) is 0.786. The molecule has 12 heterocycles. The summed E-state index contributed by atoms with van der Waals surface area (Å²) in [7, 11) is -11.8. The fourth-order valence-corrected chi connectivity index (χ4v) is 20.0. The molecular formula is C97H73BBrCl4F4N16O22PS4. The molecule has 20 rings (SSSR count). The molecule has 768 valence electrons.